The largest absolute Gasteiger partial charge is 0.381 e. The SMILES string of the molecule is CC(C)COCCC(C(C)C)C(C)Cl. The molecule has 0 heterocycles. The zero-order valence-electron chi connectivity index (χ0n) is 10.2. The number of hydrogen-bond donors (Lipinski definition) is 0. The summed E-state index contributed by atoms with van der Waals surface area (Å²) in [6, 6.07) is 0. The molecule has 0 aromatic heterocycles. The molecule has 86 valence electrons. The molecule has 0 saturated heterocycles. The molecule has 0 spiro atoms. The molecule has 0 N–H and O–H groups in total. The minimum absolute atomic E-state index is 0.248. The Morgan fingerprint density at radius 3 is 2.00 bits per heavy atom. The van der Waals surface area contributed by atoms with Crippen molar-refractivity contribution in [2.24, 2.45) is 17.8 Å². The number of hydrogen-bond acceptors (Lipinski definition) is 1. The van der Waals surface area contributed by atoms with Crippen molar-refractivity contribution < 1.29 is 4.74 Å². The van der Waals surface area contributed by atoms with Gasteiger partial charge in [-0.1, -0.05) is 27.7 Å². The van der Waals surface area contributed by atoms with E-state index in [0.717, 1.165) is 19.6 Å². The van der Waals surface area contributed by atoms with Crippen molar-refractivity contribution >= 4 is 11.6 Å². The minimum atomic E-state index is 0.248. The lowest BCUT2D eigenvalue weighted by atomic mass is 9.90. The van der Waals surface area contributed by atoms with Crippen molar-refractivity contribution in [2.45, 2.75) is 46.4 Å². The quantitative estimate of drug-likeness (QED) is 0.467. The van der Waals surface area contributed by atoms with Crippen molar-refractivity contribution in [2.75, 3.05) is 13.2 Å². The molecule has 0 saturated carbocycles. The molecule has 0 aromatic carbocycles. The van der Waals surface area contributed by atoms with E-state index >= 15 is 0 Å². The molecule has 0 bridgehead atoms. The fourth-order valence-electron chi connectivity index (χ4n) is 1.63. The highest BCUT2D eigenvalue weighted by Gasteiger charge is 2.18. The monoisotopic (exact) mass is 220 g/mol. The number of ether oxygens (including phenoxy) is 1. The third kappa shape index (κ3) is 6.67. The molecule has 0 aliphatic heterocycles. The second kappa shape index (κ2) is 7.53. The average Bonchev–Trinajstić information content (AvgIpc) is 2.01. The molecular formula is C12H25ClO. The van der Waals surface area contributed by atoms with Crippen LogP contribution < -0.4 is 0 Å². The van der Waals surface area contributed by atoms with Crippen molar-refractivity contribution in [3.05, 3.63) is 0 Å². The summed E-state index contributed by atoms with van der Waals surface area (Å²) in [4.78, 5) is 0. The van der Waals surface area contributed by atoms with E-state index in [1.165, 1.54) is 0 Å². The summed E-state index contributed by atoms with van der Waals surface area (Å²) in [5.41, 5.74) is 0. The molecule has 0 amide bonds. The molecule has 14 heavy (non-hydrogen) atoms. The molecule has 2 atom stereocenters. The van der Waals surface area contributed by atoms with E-state index < -0.39 is 0 Å². The van der Waals surface area contributed by atoms with Gasteiger partial charge in [0.05, 0.1) is 0 Å². The molecule has 0 aliphatic carbocycles. The third-order valence-corrected chi connectivity index (χ3v) is 2.82. The van der Waals surface area contributed by atoms with Crippen LogP contribution in [0.2, 0.25) is 0 Å². The fourth-order valence-corrected chi connectivity index (χ4v) is 2.05. The lowest BCUT2D eigenvalue weighted by molar-refractivity contribution is 0.0922. The van der Waals surface area contributed by atoms with Gasteiger partial charge in [-0.15, -0.1) is 11.6 Å². The first-order valence-electron chi connectivity index (χ1n) is 5.67. The van der Waals surface area contributed by atoms with E-state index in [4.69, 9.17) is 16.3 Å². The number of rotatable bonds is 7. The van der Waals surface area contributed by atoms with Crippen LogP contribution in [0.5, 0.6) is 0 Å². The minimum Gasteiger partial charge on any atom is -0.381 e. The second-order valence-electron chi connectivity index (χ2n) is 4.84. The lowest BCUT2D eigenvalue weighted by Crippen LogP contribution is -2.20. The van der Waals surface area contributed by atoms with E-state index in [9.17, 15) is 0 Å². The Balaban J connectivity index is 3.62. The predicted octanol–water partition coefficient (Wildman–Crippen LogP) is 3.95. The van der Waals surface area contributed by atoms with Crippen LogP contribution in [0.3, 0.4) is 0 Å². The lowest BCUT2D eigenvalue weighted by Gasteiger charge is -2.23. The van der Waals surface area contributed by atoms with Gasteiger partial charge in [-0.2, -0.15) is 0 Å². The standard InChI is InChI=1S/C12H25ClO/c1-9(2)8-14-7-6-12(10(3)4)11(5)13/h9-12H,6-8H2,1-5H3. The number of alkyl halides is 1. The van der Waals surface area contributed by atoms with E-state index in [0.29, 0.717) is 17.8 Å². The Bertz CT molecular complexity index is 124. The van der Waals surface area contributed by atoms with Gasteiger partial charge < -0.3 is 4.74 Å². The third-order valence-electron chi connectivity index (χ3n) is 2.49. The second-order valence-corrected chi connectivity index (χ2v) is 5.53. The Kier molecular flexibility index (Phi) is 7.66. The normalized spacial score (nSPS) is 16.3. The van der Waals surface area contributed by atoms with Gasteiger partial charge in [0, 0.05) is 18.6 Å². The van der Waals surface area contributed by atoms with Gasteiger partial charge in [0.1, 0.15) is 0 Å². The molecular weight excluding hydrogens is 196 g/mol. The van der Waals surface area contributed by atoms with Gasteiger partial charge in [0.15, 0.2) is 0 Å². The van der Waals surface area contributed by atoms with Crippen molar-refractivity contribution in [3.8, 4) is 0 Å². The molecule has 0 radical (unpaired) electrons. The smallest absolute Gasteiger partial charge is 0.0488 e. The zero-order chi connectivity index (χ0) is 11.1. The molecule has 0 fully saturated rings. The van der Waals surface area contributed by atoms with Crippen LogP contribution in [0.4, 0.5) is 0 Å². The number of halogens is 1. The zero-order valence-corrected chi connectivity index (χ0v) is 11.0. The van der Waals surface area contributed by atoms with Crippen LogP contribution in [-0.4, -0.2) is 18.6 Å². The first kappa shape index (κ1) is 14.2. The summed E-state index contributed by atoms with van der Waals surface area (Å²) in [5, 5.41) is 0.248. The first-order chi connectivity index (χ1) is 6.45. The maximum absolute atomic E-state index is 6.12. The van der Waals surface area contributed by atoms with E-state index in [1.807, 2.05) is 0 Å². The molecule has 2 heteroatoms. The predicted molar refractivity (Wildman–Crippen MR) is 63.9 cm³/mol. The summed E-state index contributed by atoms with van der Waals surface area (Å²) in [5.74, 6) is 1.84. The highest BCUT2D eigenvalue weighted by Crippen LogP contribution is 2.23. The van der Waals surface area contributed by atoms with Crippen LogP contribution >= 0.6 is 11.6 Å². The average molecular weight is 221 g/mol. The Labute approximate surface area is 94.2 Å². The summed E-state index contributed by atoms with van der Waals surface area (Å²) < 4.78 is 5.57. The molecule has 0 aliphatic rings. The van der Waals surface area contributed by atoms with Gasteiger partial charge in [0.25, 0.3) is 0 Å². The fraction of sp³-hybridized carbons (Fsp3) is 1.00. The van der Waals surface area contributed by atoms with Gasteiger partial charge in [-0.3, -0.25) is 0 Å². The van der Waals surface area contributed by atoms with Gasteiger partial charge in [-0.25, -0.2) is 0 Å². The van der Waals surface area contributed by atoms with E-state index in [-0.39, 0.29) is 5.38 Å². The molecule has 2 unspecified atom stereocenters. The summed E-state index contributed by atoms with van der Waals surface area (Å²) in [7, 11) is 0. The Morgan fingerprint density at radius 1 is 1.07 bits per heavy atom. The van der Waals surface area contributed by atoms with Crippen LogP contribution in [0, 0.1) is 17.8 Å². The molecule has 0 rings (SSSR count). The summed E-state index contributed by atoms with van der Waals surface area (Å²) in [6.07, 6.45) is 1.08. The Hall–Kier alpha value is 0.250. The molecule has 0 aromatic rings. The van der Waals surface area contributed by atoms with Gasteiger partial charge in [-0.05, 0) is 31.1 Å². The van der Waals surface area contributed by atoms with Crippen LogP contribution in [-0.2, 0) is 4.74 Å². The van der Waals surface area contributed by atoms with E-state index in [2.05, 4.69) is 34.6 Å². The van der Waals surface area contributed by atoms with Crippen LogP contribution in [0.1, 0.15) is 41.0 Å². The highest BCUT2D eigenvalue weighted by atomic mass is 35.5. The first-order valence-corrected chi connectivity index (χ1v) is 6.10. The Morgan fingerprint density at radius 2 is 1.64 bits per heavy atom. The maximum atomic E-state index is 6.12. The van der Waals surface area contributed by atoms with Crippen molar-refractivity contribution in [1.29, 1.82) is 0 Å². The van der Waals surface area contributed by atoms with E-state index in [1.54, 1.807) is 0 Å². The summed E-state index contributed by atoms with van der Waals surface area (Å²) >= 11 is 6.12. The topological polar surface area (TPSA) is 9.23 Å². The van der Waals surface area contributed by atoms with Crippen LogP contribution in [0.15, 0.2) is 0 Å². The van der Waals surface area contributed by atoms with Gasteiger partial charge >= 0.3 is 0 Å². The van der Waals surface area contributed by atoms with Crippen LogP contribution in [0.25, 0.3) is 0 Å². The van der Waals surface area contributed by atoms with Crippen molar-refractivity contribution in [1.82, 2.24) is 0 Å². The summed E-state index contributed by atoms with van der Waals surface area (Å²) in [6.45, 7) is 12.6. The van der Waals surface area contributed by atoms with Gasteiger partial charge in [0.2, 0.25) is 0 Å². The maximum Gasteiger partial charge on any atom is 0.0488 e. The van der Waals surface area contributed by atoms with Crippen molar-refractivity contribution in [3.63, 3.8) is 0 Å². The highest BCUT2D eigenvalue weighted by molar-refractivity contribution is 6.20. The molecule has 1 nitrogen and oxygen atoms in total.